The number of hydrogen-bond donors (Lipinski definition) is 1. The molecule has 2 aliphatic heterocycles. The second kappa shape index (κ2) is 8.02. The predicted octanol–water partition coefficient (Wildman–Crippen LogP) is 3.21. The van der Waals surface area contributed by atoms with Crippen molar-refractivity contribution in [1.82, 2.24) is 0 Å². The average Bonchev–Trinajstić information content (AvgIpc) is 2.47. The highest BCUT2D eigenvalue weighted by molar-refractivity contribution is 7.99. The minimum absolute atomic E-state index is 0.134. The van der Waals surface area contributed by atoms with Crippen LogP contribution in [0.1, 0.15) is 52.4 Å². The Morgan fingerprint density at radius 1 is 1.35 bits per heavy atom. The van der Waals surface area contributed by atoms with Crippen molar-refractivity contribution in [1.29, 1.82) is 0 Å². The number of thioether (sulfide) groups is 1. The second-order valence-electron chi connectivity index (χ2n) is 6.26. The third kappa shape index (κ3) is 4.12. The van der Waals surface area contributed by atoms with Crippen molar-refractivity contribution in [2.45, 2.75) is 70.1 Å². The third-order valence-corrected chi connectivity index (χ3v) is 5.85. The highest BCUT2D eigenvalue weighted by Crippen LogP contribution is 2.41. The van der Waals surface area contributed by atoms with Gasteiger partial charge in [0.25, 0.3) is 0 Å². The zero-order valence-corrected chi connectivity index (χ0v) is 13.9. The summed E-state index contributed by atoms with van der Waals surface area (Å²) in [6.07, 6.45) is 7.09. The monoisotopic (exact) mass is 301 g/mol. The van der Waals surface area contributed by atoms with Crippen LogP contribution in [0.2, 0.25) is 0 Å². The normalized spacial score (nSPS) is 29.2. The smallest absolute Gasteiger partial charge is 0.0728 e. The molecule has 2 heterocycles. The number of ether oxygens (including phenoxy) is 2. The van der Waals surface area contributed by atoms with Gasteiger partial charge in [-0.3, -0.25) is 0 Å². The molecule has 0 bridgehead atoms. The van der Waals surface area contributed by atoms with E-state index in [2.05, 4.69) is 25.6 Å². The molecule has 0 amide bonds. The summed E-state index contributed by atoms with van der Waals surface area (Å²) >= 11 is 2.06. The third-order valence-electron chi connectivity index (χ3n) is 4.86. The Balaban J connectivity index is 1.95. The Kier molecular flexibility index (Phi) is 6.66. The zero-order valence-electron chi connectivity index (χ0n) is 13.1. The molecular weight excluding hydrogens is 270 g/mol. The van der Waals surface area contributed by atoms with Crippen molar-refractivity contribution in [2.75, 3.05) is 24.7 Å². The summed E-state index contributed by atoms with van der Waals surface area (Å²) in [7, 11) is 0. The minimum Gasteiger partial charge on any atom is -0.377 e. The van der Waals surface area contributed by atoms with Crippen LogP contribution in [0, 0.1) is 5.92 Å². The van der Waals surface area contributed by atoms with Crippen molar-refractivity contribution in [3.63, 3.8) is 0 Å². The molecule has 0 aliphatic carbocycles. The maximum atomic E-state index is 6.57. The Morgan fingerprint density at radius 2 is 2.10 bits per heavy atom. The van der Waals surface area contributed by atoms with Gasteiger partial charge in [0.05, 0.1) is 11.7 Å². The molecule has 3 atom stereocenters. The topological polar surface area (TPSA) is 44.5 Å². The lowest BCUT2D eigenvalue weighted by molar-refractivity contribution is -0.114. The Bertz CT molecular complexity index is 270. The predicted molar refractivity (Wildman–Crippen MR) is 86.3 cm³/mol. The van der Waals surface area contributed by atoms with Crippen molar-refractivity contribution in [3.8, 4) is 0 Å². The quantitative estimate of drug-likeness (QED) is 0.818. The molecule has 0 aromatic heterocycles. The summed E-state index contributed by atoms with van der Waals surface area (Å²) in [5, 5.41) is 0. The maximum absolute atomic E-state index is 6.57. The maximum Gasteiger partial charge on any atom is 0.0728 e. The van der Waals surface area contributed by atoms with Crippen LogP contribution in [0.25, 0.3) is 0 Å². The van der Waals surface area contributed by atoms with Crippen LogP contribution in [-0.2, 0) is 9.47 Å². The first-order valence-corrected chi connectivity index (χ1v) is 9.45. The lowest BCUT2D eigenvalue weighted by Gasteiger charge is -2.45. The van der Waals surface area contributed by atoms with Gasteiger partial charge >= 0.3 is 0 Å². The van der Waals surface area contributed by atoms with Gasteiger partial charge in [-0.2, -0.15) is 11.8 Å². The molecule has 2 aliphatic rings. The summed E-state index contributed by atoms with van der Waals surface area (Å²) in [6, 6.07) is 0.172. The molecule has 2 rings (SSSR count). The molecule has 118 valence electrons. The minimum atomic E-state index is 0.134. The van der Waals surface area contributed by atoms with E-state index in [0.29, 0.717) is 5.92 Å². The summed E-state index contributed by atoms with van der Waals surface area (Å²) in [5.41, 5.74) is 6.70. The van der Waals surface area contributed by atoms with Gasteiger partial charge in [-0.1, -0.05) is 13.3 Å². The van der Waals surface area contributed by atoms with E-state index in [-0.39, 0.29) is 17.7 Å². The van der Waals surface area contributed by atoms with E-state index in [1.807, 2.05) is 0 Å². The van der Waals surface area contributed by atoms with Crippen LogP contribution in [0.5, 0.6) is 0 Å². The van der Waals surface area contributed by atoms with Gasteiger partial charge in [-0.15, -0.1) is 0 Å². The first-order chi connectivity index (χ1) is 9.71. The van der Waals surface area contributed by atoms with Crippen LogP contribution in [0.15, 0.2) is 0 Å². The van der Waals surface area contributed by atoms with Crippen LogP contribution in [0.3, 0.4) is 0 Å². The van der Waals surface area contributed by atoms with Gasteiger partial charge in [0.15, 0.2) is 0 Å². The van der Waals surface area contributed by atoms with Crippen molar-refractivity contribution in [3.05, 3.63) is 0 Å². The van der Waals surface area contributed by atoms with Crippen LogP contribution < -0.4 is 5.73 Å². The first kappa shape index (κ1) is 16.6. The highest BCUT2D eigenvalue weighted by Gasteiger charge is 2.41. The number of hydrogen-bond acceptors (Lipinski definition) is 4. The van der Waals surface area contributed by atoms with Gasteiger partial charge in [-0.25, -0.2) is 0 Å². The van der Waals surface area contributed by atoms with Crippen LogP contribution >= 0.6 is 11.8 Å². The van der Waals surface area contributed by atoms with E-state index >= 15 is 0 Å². The molecule has 1 spiro atoms. The molecule has 0 radical (unpaired) electrons. The summed E-state index contributed by atoms with van der Waals surface area (Å²) < 4.78 is 12.1. The first-order valence-electron chi connectivity index (χ1n) is 8.29. The SMILES string of the molecule is CCCC(OCC)C(N)C1CCOC2(CCSCC2)C1. The Morgan fingerprint density at radius 3 is 2.75 bits per heavy atom. The van der Waals surface area contributed by atoms with Gasteiger partial charge in [0.2, 0.25) is 0 Å². The Labute approximate surface area is 128 Å². The molecule has 0 aromatic rings. The van der Waals surface area contributed by atoms with E-state index < -0.39 is 0 Å². The van der Waals surface area contributed by atoms with E-state index in [4.69, 9.17) is 15.2 Å². The van der Waals surface area contributed by atoms with Crippen molar-refractivity contribution in [2.24, 2.45) is 11.7 Å². The van der Waals surface area contributed by atoms with E-state index in [9.17, 15) is 0 Å². The lowest BCUT2D eigenvalue weighted by Crippen LogP contribution is -2.51. The van der Waals surface area contributed by atoms with Crippen LogP contribution in [0.4, 0.5) is 0 Å². The second-order valence-corrected chi connectivity index (χ2v) is 7.48. The fraction of sp³-hybridized carbons (Fsp3) is 1.00. The molecule has 2 fully saturated rings. The van der Waals surface area contributed by atoms with E-state index in [1.54, 1.807) is 0 Å². The molecule has 3 unspecified atom stereocenters. The van der Waals surface area contributed by atoms with Gasteiger partial charge in [-0.05, 0) is 56.5 Å². The molecule has 4 heteroatoms. The fourth-order valence-corrected chi connectivity index (χ4v) is 4.91. The van der Waals surface area contributed by atoms with Gasteiger partial charge in [0.1, 0.15) is 0 Å². The number of nitrogens with two attached hydrogens (primary N) is 1. The van der Waals surface area contributed by atoms with E-state index in [1.165, 1.54) is 24.3 Å². The lowest BCUT2D eigenvalue weighted by atomic mass is 9.77. The van der Waals surface area contributed by atoms with Crippen LogP contribution in [-0.4, -0.2) is 42.5 Å². The van der Waals surface area contributed by atoms with Crippen molar-refractivity contribution < 1.29 is 9.47 Å². The average molecular weight is 301 g/mol. The molecular formula is C16H31NO2S. The van der Waals surface area contributed by atoms with Crippen molar-refractivity contribution >= 4 is 11.8 Å². The fourth-order valence-electron chi connectivity index (χ4n) is 3.68. The van der Waals surface area contributed by atoms with E-state index in [0.717, 1.165) is 38.9 Å². The molecule has 2 N–H and O–H groups in total. The van der Waals surface area contributed by atoms with Gasteiger partial charge in [0, 0.05) is 19.3 Å². The molecule has 20 heavy (non-hydrogen) atoms. The summed E-state index contributed by atoms with van der Waals surface area (Å²) in [5.74, 6) is 3.05. The Hall–Kier alpha value is 0.230. The largest absolute Gasteiger partial charge is 0.377 e. The summed E-state index contributed by atoms with van der Waals surface area (Å²) in [4.78, 5) is 0. The number of rotatable bonds is 6. The van der Waals surface area contributed by atoms with Gasteiger partial charge < -0.3 is 15.2 Å². The molecule has 2 saturated heterocycles. The highest BCUT2D eigenvalue weighted by atomic mass is 32.2. The standard InChI is InChI=1S/C16H31NO2S/c1-3-5-14(18-4-2)15(17)13-6-9-19-16(12-13)7-10-20-11-8-16/h13-15H,3-12,17H2,1-2H3. The molecule has 0 saturated carbocycles. The summed E-state index contributed by atoms with van der Waals surface area (Å²) in [6.45, 7) is 5.93. The molecule has 3 nitrogen and oxygen atoms in total. The zero-order chi connectivity index (χ0) is 14.4. The molecule has 0 aromatic carbocycles.